The van der Waals surface area contributed by atoms with Gasteiger partial charge >= 0.3 is 0 Å². The highest BCUT2D eigenvalue weighted by Crippen LogP contribution is 2.23. The van der Waals surface area contributed by atoms with Gasteiger partial charge in [0.2, 0.25) is 0 Å². The number of amides is 2. The molecule has 0 saturated carbocycles. The average molecular weight is 323 g/mol. The van der Waals surface area contributed by atoms with Gasteiger partial charge in [-0.25, -0.2) is 0 Å². The molecule has 4 heteroatoms. The molecule has 2 aromatic carbocycles. The first kappa shape index (κ1) is 16.4. The number of benzene rings is 2. The normalized spacial score (nSPS) is 14.8. The van der Waals surface area contributed by atoms with Gasteiger partial charge < -0.3 is 5.11 Å². The van der Waals surface area contributed by atoms with Crippen molar-refractivity contribution >= 4 is 11.8 Å². The largest absolute Gasteiger partial charge is 0.396 e. The third-order valence-corrected chi connectivity index (χ3v) is 4.52. The topological polar surface area (TPSA) is 57.6 Å². The molecule has 0 aliphatic carbocycles. The maximum atomic E-state index is 12.3. The van der Waals surface area contributed by atoms with E-state index in [1.54, 1.807) is 24.3 Å². The van der Waals surface area contributed by atoms with Crippen LogP contribution in [-0.2, 0) is 6.42 Å². The Morgan fingerprint density at radius 2 is 1.67 bits per heavy atom. The second-order valence-electron chi connectivity index (χ2n) is 6.24. The second-order valence-corrected chi connectivity index (χ2v) is 6.24. The van der Waals surface area contributed by atoms with Crippen LogP contribution in [-0.4, -0.2) is 35.0 Å². The third kappa shape index (κ3) is 3.10. The molecule has 24 heavy (non-hydrogen) atoms. The van der Waals surface area contributed by atoms with Crippen molar-refractivity contribution in [2.45, 2.75) is 25.7 Å². The Hall–Kier alpha value is -2.46. The van der Waals surface area contributed by atoms with Gasteiger partial charge in [0.25, 0.3) is 11.8 Å². The summed E-state index contributed by atoms with van der Waals surface area (Å²) in [5, 5.41) is 9.26. The van der Waals surface area contributed by atoms with Crippen LogP contribution in [0.1, 0.15) is 51.1 Å². The Balaban J connectivity index is 1.62. The predicted molar refractivity (Wildman–Crippen MR) is 92.1 cm³/mol. The highest BCUT2D eigenvalue weighted by molar-refractivity contribution is 6.21. The minimum Gasteiger partial charge on any atom is -0.396 e. The summed E-state index contributed by atoms with van der Waals surface area (Å²) >= 11 is 0. The zero-order chi connectivity index (χ0) is 17.1. The van der Waals surface area contributed by atoms with E-state index in [2.05, 4.69) is 6.07 Å². The molecule has 1 aliphatic rings. The van der Waals surface area contributed by atoms with E-state index in [9.17, 15) is 14.7 Å². The van der Waals surface area contributed by atoms with Crippen molar-refractivity contribution in [3.8, 4) is 0 Å². The fourth-order valence-corrected chi connectivity index (χ4v) is 3.04. The number of aliphatic hydroxyl groups excluding tert-OH is 1. The minimum atomic E-state index is -0.196. The van der Waals surface area contributed by atoms with Crippen LogP contribution in [0.2, 0.25) is 0 Å². The molecule has 0 bridgehead atoms. The van der Waals surface area contributed by atoms with Crippen molar-refractivity contribution in [3.05, 3.63) is 70.8 Å². The first-order valence-electron chi connectivity index (χ1n) is 8.26. The molecule has 1 N–H and O–H groups in total. The van der Waals surface area contributed by atoms with E-state index in [0.29, 0.717) is 17.7 Å². The number of hydrogen-bond acceptors (Lipinski definition) is 3. The summed E-state index contributed by atoms with van der Waals surface area (Å²) in [5.41, 5.74) is 3.27. The molecule has 0 fully saturated rings. The standard InChI is InChI=1S/C20H21NO3/c1-14(13-22)16-8-4-6-15(12-16)7-5-11-21-19(23)17-9-2-3-10-18(17)20(21)24/h2-4,6,8-10,12,14,22H,5,7,11,13H2,1H3. The minimum absolute atomic E-state index is 0.112. The van der Waals surface area contributed by atoms with E-state index >= 15 is 0 Å². The molecule has 0 spiro atoms. The van der Waals surface area contributed by atoms with Crippen molar-refractivity contribution in [3.63, 3.8) is 0 Å². The highest BCUT2D eigenvalue weighted by Gasteiger charge is 2.34. The van der Waals surface area contributed by atoms with E-state index in [1.807, 2.05) is 25.1 Å². The zero-order valence-electron chi connectivity index (χ0n) is 13.7. The molecule has 124 valence electrons. The molecule has 0 radical (unpaired) electrons. The molecule has 1 heterocycles. The van der Waals surface area contributed by atoms with Gasteiger partial charge in [0.1, 0.15) is 0 Å². The fourth-order valence-electron chi connectivity index (χ4n) is 3.04. The third-order valence-electron chi connectivity index (χ3n) is 4.52. The molecule has 0 saturated heterocycles. The van der Waals surface area contributed by atoms with Gasteiger partial charge in [0.05, 0.1) is 11.1 Å². The fraction of sp³-hybridized carbons (Fsp3) is 0.300. The molecule has 4 nitrogen and oxygen atoms in total. The Kier molecular flexibility index (Phi) is 4.76. The van der Waals surface area contributed by atoms with E-state index in [4.69, 9.17) is 0 Å². The van der Waals surface area contributed by atoms with Crippen LogP contribution < -0.4 is 0 Å². The summed E-state index contributed by atoms with van der Waals surface area (Å²) in [6.07, 6.45) is 1.52. The van der Waals surface area contributed by atoms with Crippen LogP contribution in [0, 0.1) is 0 Å². The summed E-state index contributed by atoms with van der Waals surface area (Å²) in [6.45, 7) is 2.53. The van der Waals surface area contributed by atoms with Crippen LogP contribution in [0.5, 0.6) is 0 Å². The molecule has 1 aliphatic heterocycles. The number of hydrogen-bond donors (Lipinski definition) is 1. The number of aryl methyl sites for hydroxylation is 1. The van der Waals surface area contributed by atoms with E-state index in [1.165, 1.54) is 4.90 Å². The lowest BCUT2D eigenvalue weighted by Crippen LogP contribution is -2.30. The maximum absolute atomic E-state index is 12.3. The number of aliphatic hydroxyl groups is 1. The van der Waals surface area contributed by atoms with Gasteiger partial charge in [-0.05, 0) is 36.1 Å². The van der Waals surface area contributed by atoms with Gasteiger partial charge in [-0.3, -0.25) is 14.5 Å². The lowest BCUT2D eigenvalue weighted by molar-refractivity contribution is 0.0652. The summed E-state index contributed by atoms with van der Waals surface area (Å²) in [7, 11) is 0. The van der Waals surface area contributed by atoms with Crippen LogP contribution in [0.15, 0.2) is 48.5 Å². The van der Waals surface area contributed by atoms with Crippen molar-refractivity contribution in [2.24, 2.45) is 0 Å². The molecule has 0 aromatic heterocycles. The number of imide groups is 1. The van der Waals surface area contributed by atoms with Crippen molar-refractivity contribution in [1.29, 1.82) is 0 Å². The molecule has 3 rings (SSSR count). The van der Waals surface area contributed by atoms with Crippen molar-refractivity contribution in [2.75, 3.05) is 13.2 Å². The Morgan fingerprint density at radius 3 is 2.29 bits per heavy atom. The molecule has 1 atom stereocenters. The van der Waals surface area contributed by atoms with Crippen molar-refractivity contribution < 1.29 is 14.7 Å². The van der Waals surface area contributed by atoms with E-state index < -0.39 is 0 Å². The Morgan fingerprint density at radius 1 is 1.00 bits per heavy atom. The summed E-state index contributed by atoms with van der Waals surface area (Å²) in [5.74, 6) is -0.280. The highest BCUT2D eigenvalue weighted by atomic mass is 16.3. The lowest BCUT2D eigenvalue weighted by Gasteiger charge is -2.14. The molecular formula is C20H21NO3. The summed E-state index contributed by atoms with van der Waals surface area (Å²) in [4.78, 5) is 26.0. The first-order chi connectivity index (χ1) is 11.6. The Bertz CT molecular complexity index is 734. The molecule has 2 amide bonds. The molecule has 2 aromatic rings. The van der Waals surface area contributed by atoms with E-state index in [-0.39, 0.29) is 24.3 Å². The van der Waals surface area contributed by atoms with Gasteiger partial charge in [-0.1, -0.05) is 43.3 Å². The molecule has 1 unspecified atom stereocenters. The first-order valence-corrected chi connectivity index (χ1v) is 8.26. The summed E-state index contributed by atoms with van der Waals surface area (Å²) < 4.78 is 0. The van der Waals surface area contributed by atoms with Crippen LogP contribution in [0.4, 0.5) is 0 Å². The number of carbonyl (C=O) groups is 2. The van der Waals surface area contributed by atoms with Gasteiger partial charge in [-0.15, -0.1) is 0 Å². The van der Waals surface area contributed by atoms with Crippen LogP contribution >= 0.6 is 0 Å². The van der Waals surface area contributed by atoms with Gasteiger partial charge in [0, 0.05) is 19.1 Å². The Labute approximate surface area is 141 Å². The van der Waals surface area contributed by atoms with Gasteiger partial charge in [0.15, 0.2) is 0 Å². The summed E-state index contributed by atoms with van der Waals surface area (Å²) in [6, 6.07) is 15.1. The van der Waals surface area contributed by atoms with Gasteiger partial charge in [-0.2, -0.15) is 0 Å². The van der Waals surface area contributed by atoms with E-state index in [0.717, 1.165) is 24.0 Å². The number of nitrogens with zero attached hydrogens (tertiary/aromatic N) is 1. The lowest BCUT2D eigenvalue weighted by atomic mass is 9.98. The smallest absolute Gasteiger partial charge is 0.261 e. The molecular weight excluding hydrogens is 302 g/mol. The SMILES string of the molecule is CC(CO)c1cccc(CCCN2C(=O)c3ccccc3C2=O)c1. The predicted octanol–water partition coefficient (Wildman–Crippen LogP) is 3.01. The van der Waals surface area contributed by atoms with Crippen LogP contribution in [0.25, 0.3) is 0 Å². The monoisotopic (exact) mass is 323 g/mol. The quantitative estimate of drug-likeness (QED) is 0.831. The van der Waals surface area contributed by atoms with Crippen LogP contribution in [0.3, 0.4) is 0 Å². The zero-order valence-corrected chi connectivity index (χ0v) is 13.7. The maximum Gasteiger partial charge on any atom is 0.261 e. The number of rotatable bonds is 6. The second kappa shape index (κ2) is 6.97. The average Bonchev–Trinajstić information content (AvgIpc) is 2.86. The number of fused-ring (bicyclic) bond motifs is 1. The number of carbonyl (C=O) groups excluding carboxylic acids is 2. The van der Waals surface area contributed by atoms with Crippen molar-refractivity contribution in [1.82, 2.24) is 4.90 Å².